The van der Waals surface area contributed by atoms with Crippen molar-refractivity contribution in [3.8, 4) is 5.75 Å². The van der Waals surface area contributed by atoms with Crippen molar-refractivity contribution in [2.75, 3.05) is 0 Å². The molecule has 0 spiro atoms. The number of carbonyl (C=O) groups excluding carboxylic acids is 1. The molecule has 0 unspecified atom stereocenters. The van der Waals surface area contributed by atoms with E-state index in [0.29, 0.717) is 27.7 Å². The van der Waals surface area contributed by atoms with E-state index >= 15 is 0 Å². The average molecular weight is 412 g/mol. The summed E-state index contributed by atoms with van der Waals surface area (Å²) < 4.78 is 19.3. The Morgan fingerprint density at radius 3 is 2.86 bits per heavy atom. The molecule has 2 aromatic rings. The minimum absolute atomic E-state index is 0.0338. The van der Waals surface area contributed by atoms with E-state index in [4.69, 9.17) is 26.6 Å². The Hall–Kier alpha value is -3.45. The van der Waals surface area contributed by atoms with E-state index in [9.17, 15) is 9.18 Å². The molecule has 0 fully saturated rings. The van der Waals surface area contributed by atoms with Crippen LogP contribution in [0, 0.1) is 11.2 Å². The van der Waals surface area contributed by atoms with E-state index in [0.717, 1.165) is 0 Å². The van der Waals surface area contributed by atoms with Crippen LogP contribution in [0.1, 0.15) is 18.1 Å². The first-order valence-corrected chi connectivity index (χ1v) is 9.06. The highest BCUT2D eigenvalue weighted by Gasteiger charge is 2.34. The summed E-state index contributed by atoms with van der Waals surface area (Å²) >= 11 is 6.28. The van der Waals surface area contributed by atoms with Crippen LogP contribution in [0.5, 0.6) is 5.75 Å². The number of allylic oxidation sites excluding steroid dienone is 1. The van der Waals surface area contributed by atoms with Gasteiger partial charge in [0.05, 0.1) is 10.6 Å². The number of hydroxylamine groups is 2. The Morgan fingerprint density at radius 2 is 2.10 bits per heavy atom. The number of hydrogen-bond donors (Lipinski definition) is 1. The lowest BCUT2D eigenvalue weighted by molar-refractivity contribution is -0.114. The van der Waals surface area contributed by atoms with Crippen molar-refractivity contribution in [2.45, 2.75) is 13.5 Å². The summed E-state index contributed by atoms with van der Waals surface area (Å²) in [4.78, 5) is 21.6. The molecule has 0 bridgehead atoms. The maximum atomic E-state index is 13.7. The van der Waals surface area contributed by atoms with E-state index in [2.05, 4.69) is 4.99 Å². The third kappa shape index (κ3) is 3.77. The highest BCUT2D eigenvalue weighted by Crippen LogP contribution is 2.29. The van der Waals surface area contributed by atoms with Gasteiger partial charge in [0.2, 0.25) is 0 Å². The topological polar surface area (TPSA) is 75.0 Å². The molecule has 0 radical (unpaired) electrons. The number of hydrogen-bond acceptors (Lipinski definition) is 4. The van der Waals surface area contributed by atoms with Gasteiger partial charge >= 0.3 is 0 Å². The molecule has 2 aliphatic rings. The molecule has 8 heteroatoms. The highest BCUT2D eigenvalue weighted by atomic mass is 35.5. The SMILES string of the molecule is CC1=CC2=NC(=O)/C(=C\c3ccc(OCc4ccccc4F)c(Cl)c3)C(=N)N2O1. The fourth-order valence-electron chi connectivity index (χ4n) is 2.86. The molecular weight excluding hydrogens is 397 g/mol. The smallest absolute Gasteiger partial charge is 0.282 e. The van der Waals surface area contributed by atoms with Gasteiger partial charge in [0.25, 0.3) is 5.91 Å². The summed E-state index contributed by atoms with van der Waals surface area (Å²) in [6, 6.07) is 11.2. The van der Waals surface area contributed by atoms with Crippen molar-refractivity contribution in [2.24, 2.45) is 4.99 Å². The van der Waals surface area contributed by atoms with Gasteiger partial charge in [0.15, 0.2) is 11.7 Å². The van der Waals surface area contributed by atoms with Gasteiger partial charge in [-0.25, -0.2) is 4.39 Å². The summed E-state index contributed by atoms with van der Waals surface area (Å²) in [7, 11) is 0. The van der Waals surface area contributed by atoms with Crippen molar-refractivity contribution in [1.29, 1.82) is 5.41 Å². The lowest BCUT2D eigenvalue weighted by Crippen LogP contribution is -2.38. The number of carbonyl (C=O) groups is 1. The first-order valence-electron chi connectivity index (χ1n) is 8.68. The lowest BCUT2D eigenvalue weighted by atomic mass is 10.1. The van der Waals surface area contributed by atoms with Crippen molar-refractivity contribution >= 4 is 35.3 Å². The number of nitrogens with zero attached hydrogens (tertiary/aromatic N) is 2. The van der Waals surface area contributed by atoms with Gasteiger partial charge in [-0.3, -0.25) is 10.2 Å². The number of benzene rings is 2. The van der Waals surface area contributed by atoms with Crippen LogP contribution in [0.2, 0.25) is 5.02 Å². The van der Waals surface area contributed by atoms with E-state index < -0.39 is 5.91 Å². The molecule has 0 aliphatic carbocycles. The Kier molecular flexibility index (Phi) is 4.90. The van der Waals surface area contributed by atoms with Gasteiger partial charge in [-0.05, 0) is 36.8 Å². The fourth-order valence-corrected chi connectivity index (χ4v) is 3.11. The maximum absolute atomic E-state index is 13.7. The summed E-state index contributed by atoms with van der Waals surface area (Å²) in [5.74, 6) is 0.209. The minimum atomic E-state index is -0.535. The van der Waals surface area contributed by atoms with Crippen LogP contribution in [0.3, 0.4) is 0 Å². The monoisotopic (exact) mass is 411 g/mol. The molecular formula is C21H15ClFN3O3. The lowest BCUT2D eigenvalue weighted by Gasteiger charge is -2.23. The van der Waals surface area contributed by atoms with Crippen LogP contribution in [0.4, 0.5) is 4.39 Å². The number of nitrogens with one attached hydrogen (secondary N) is 1. The van der Waals surface area contributed by atoms with Crippen LogP contribution >= 0.6 is 11.6 Å². The molecule has 29 heavy (non-hydrogen) atoms. The predicted molar refractivity (Wildman–Crippen MR) is 107 cm³/mol. The van der Waals surface area contributed by atoms with Gasteiger partial charge in [0, 0.05) is 11.6 Å². The highest BCUT2D eigenvalue weighted by molar-refractivity contribution is 6.33. The number of aliphatic imine (C=N–C) groups is 1. The van der Waals surface area contributed by atoms with Crippen molar-refractivity contribution in [3.63, 3.8) is 0 Å². The summed E-state index contributed by atoms with van der Waals surface area (Å²) in [6.45, 7) is 1.74. The second-order valence-corrected chi connectivity index (χ2v) is 6.80. The van der Waals surface area contributed by atoms with E-state index in [1.807, 2.05) is 0 Å². The first-order chi connectivity index (χ1) is 13.9. The van der Waals surface area contributed by atoms with Gasteiger partial charge < -0.3 is 9.57 Å². The van der Waals surface area contributed by atoms with E-state index in [-0.39, 0.29) is 29.7 Å². The van der Waals surface area contributed by atoms with Gasteiger partial charge in [0.1, 0.15) is 23.9 Å². The number of rotatable bonds is 4. The third-order valence-corrected chi connectivity index (χ3v) is 4.58. The quantitative estimate of drug-likeness (QED) is 0.751. The second kappa shape index (κ2) is 7.52. The van der Waals surface area contributed by atoms with Crippen LogP contribution in [0.15, 0.2) is 64.9 Å². The zero-order valence-corrected chi connectivity index (χ0v) is 16.0. The Bertz CT molecular complexity index is 1120. The molecule has 2 aliphatic heterocycles. The molecule has 6 nitrogen and oxygen atoms in total. The number of halogens is 2. The number of amides is 1. The van der Waals surface area contributed by atoms with Crippen LogP contribution in [-0.4, -0.2) is 22.6 Å². The molecule has 2 aromatic carbocycles. The number of fused-ring (bicyclic) bond motifs is 1. The standard InChI is InChI=1S/C21H15ClFN3O3/c1-12-8-19-25-21(27)15(20(24)26(19)29-12)9-13-6-7-18(16(22)10-13)28-11-14-4-2-3-5-17(14)23/h2-10,24H,11H2,1H3/b15-9-,24-20?. The van der Waals surface area contributed by atoms with Crippen LogP contribution < -0.4 is 4.74 Å². The second-order valence-electron chi connectivity index (χ2n) is 6.39. The average Bonchev–Trinajstić information content (AvgIpc) is 3.06. The van der Waals surface area contributed by atoms with Gasteiger partial charge in [-0.15, -0.1) is 5.06 Å². The van der Waals surface area contributed by atoms with Crippen LogP contribution in [-0.2, 0) is 16.2 Å². The zero-order valence-electron chi connectivity index (χ0n) is 15.3. The zero-order chi connectivity index (χ0) is 20.5. The molecule has 146 valence electrons. The summed E-state index contributed by atoms with van der Waals surface area (Å²) in [5, 5.41) is 9.71. The third-order valence-electron chi connectivity index (χ3n) is 4.29. The van der Waals surface area contributed by atoms with Gasteiger partial charge in [-0.2, -0.15) is 4.99 Å². The molecule has 0 saturated carbocycles. The summed E-state index contributed by atoms with van der Waals surface area (Å²) in [6.07, 6.45) is 3.09. The fraction of sp³-hybridized carbons (Fsp3) is 0.0952. The maximum Gasteiger partial charge on any atom is 0.282 e. The van der Waals surface area contributed by atoms with Crippen molar-refractivity contribution < 1.29 is 18.8 Å². The first kappa shape index (κ1) is 18.9. The van der Waals surface area contributed by atoms with E-state index in [1.165, 1.54) is 17.2 Å². The van der Waals surface area contributed by atoms with Crippen LogP contribution in [0.25, 0.3) is 6.08 Å². The Labute approximate surface area is 171 Å². The molecule has 0 saturated heterocycles. The largest absolute Gasteiger partial charge is 0.487 e. The predicted octanol–water partition coefficient (Wildman–Crippen LogP) is 4.51. The molecule has 0 aromatic heterocycles. The number of ether oxygens (including phenoxy) is 1. The Balaban J connectivity index is 1.53. The van der Waals surface area contributed by atoms with E-state index in [1.54, 1.807) is 49.4 Å². The molecule has 1 amide bonds. The van der Waals surface area contributed by atoms with Crippen molar-refractivity contribution in [1.82, 2.24) is 5.06 Å². The Morgan fingerprint density at radius 1 is 1.31 bits per heavy atom. The molecule has 0 atom stereocenters. The minimum Gasteiger partial charge on any atom is -0.487 e. The summed E-state index contributed by atoms with van der Waals surface area (Å²) in [5.41, 5.74) is 1.08. The van der Waals surface area contributed by atoms with Crippen molar-refractivity contribution in [3.05, 3.63) is 81.8 Å². The number of amidine groups is 2. The molecule has 4 rings (SSSR count). The molecule has 1 N–H and O–H groups in total. The molecule has 2 heterocycles. The van der Waals surface area contributed by atoms with Gasteiger partial charge in [-0.1, -0.05) is 35.9 Å². The normalized spacial score (nSPS) is 17.1.